The van der Waals surface area contributed by atoms with Crippen LogP contribution in [0.4, 0.5) is 0 Å². The number of hydrogen-bond donors (Lipinski definition) is 2. The van der Waals surface area contributed by atoms with Crippen molar-refractivity contribution in [2.75, 3.05) is 26.7 Å². The van der Waals surface area contributed by atoms with E-state index in [9.17, 15) is 15.0 Å². The van der Waals surface area contributed by atoms with Crippen LogP contribution < -0.4 is 4.74 Å². The summed E-state index contributed by atoms with van der Waals surface area (Å²) in [5, 5.41) is 21.5. The summed E-state index contributed by atoms with van der Waals surface area (Å²) in [6.07, 6.45) is 9.34. The number of hydrogen-bond acceptors (Lipinski definition) is 6. The highest BCUT2D eigenvalue weighted by molar-refractivity contribution is 5.83. The number of rotatable bonds is 11. The van der Waals surface area contributed by atoms with Gasteiger partial charge in [0.05, 0.1) is 18.7 Å². The second-order valence-electron chi connectivity index (χ2n) is 9.54. The van der Waals surface area contributed by atoms with E-state index in [-0.39, 0.29) is 12.3 Å². The SMILES string of the molecule is COc1ccc2nccc(C(O)CC[C@@H]3CCN(CCCc4ccncc4)C[C@@H]3CC(=O)O)c2c1. The van der Waals surface area contributed by atoms with Gasteiger partial charge < -0.3 is 19.8 Å². The van der Waals surface area contributed by atoms with Gasteiger partial charge in [-0.05, 0) is 105 Å². The van der Waals surface area contributed by atoms with Crippen molar-refractivity contribution in [2.24, 2.45) is 11.8 Å². The quantitative estimate of drug-likeness (QED) is 0.420. The molecule has 0 spiro atoms. The second-order valence-corrected chi connectivity index (χ2v) is 9.54. The summed E-state index contributed by atoms with van der Waals surface area (Å²) in [5.74, 6) is 0.381. The van der Waals surface area contributed by atoms with Gasteiger partial charge in [-0.2, -0.15) is 0 Å². The summed E-state index contributed by atoms with van der Waals surface area (Å²) in [6.45, 7) is 2.75. The number of aliphatic carboxylic acids is 1. The maximum atomic E-state index is 11.6. The Hall–Kier alpha value is -3.03. The van der Waals surface area contributed by atoms with E-state index in [1.807, 2.05) is 48.8 Å². The number of aryl methyl sites for hydroxylation is 1. The van der Waals surface area contributed by atoms with Crippen molar-refractivity contribution in [3.8, 4) is 5.75 Å². The average molecular weight is 478 g/mol. The molecule has 7 heteroatoms. The third kappa shape index (κ3) is 6.77. The van der Waals surface area contributed by atoms with E-state index < -0.39 is 12.1 Å². The summed E-state index contributed by atoms with van der Waals surface area (Å²) in [4.78, 5) is 22.5. The number of likely N-dealkylation sites (tertiary alicyclic amines) is 1. The fourth-order valence-corrected chi connectivity index (χ4v) is 5.34. The molecule has 0 radical (unpaired) electrons. The van der Waals surface area contributed by atoms with Crippen LogP contribution in [0, 0.1) is 11.8 Å². The summed E-state index contributed by atoms with van der Waals surface area (Å²) < 4.78 is 5.35. The molecule has 1 aliphatic rings. The molecule has 186 valence electrons. The molecule has 1 aromatic carbocycles. The molecule has 3 atom stereocenters. The molecule has 3 aromatic rings. The van der Waals surface area contributed by atoms with Crippen LogP contribution in [-0.4, -0.2) is 57.8 Å². The molecule has 2 aromatic heterocycles. The molecule has 1 saturated heterocycles. The van der Waals surface area contributed by atoms with E-state index in [4.69, 9.17) is 4.74 Å². The molecule has 1 fully saturated rings. The number of pyridine rings is 2. The Kier molecular flexibility index (Phi) is 8.66. The molecule has 7 nitrogen and oxygen atoms in total. The monoisotopic (exact) mass is 477 g/mol. The lowest BCUT2D eigenvalue weighted by Gasteiger charge is -2.38. The topological polar surface area (TPSA) is 95.8 Å². The largest absolute Gasteiger partial charge is 0.497 e. The Labute approximate surface area is 206 Å². The van der Waals surface area contributed by atoms with Crippen LogP contribution in [0.3, 0.4) is 0 Å². The zero-order valence-electron chi connectivity index (χ0n) is 20.3. The number of piperidine rings is 1. The summed E-state index contributed by atoms with van der Waals surface area (Å²) in [7, 11) is 1.63. The lowest BCUT2D eigenvalue weighted by atomic mass is 9.79. The van der Waals surface area contributed by atoms with Gasteiger partial charge in [-0.15, -0.1) is 0 Å². The van der Waals surface area contributed by atoms with Gasteiger partial charge in [0.1, 0.15) is 5.75 Å². The Balaban J connectivity index is 1.35. The van der Waals surface area contributed by atoms with Gasteiger partial charge in [-0.1, -0.05) is 0 Å². The maximum Gasteiger partial charge on any atom is 0.303 e. The molecule has 4 rings (SSSR count). The molecule has 0 bridgehead atoms. The van der Waals surface area contributed by atoms with Gasteiger partial charge in [0.15, 0.2) is 0 Å². The van der Waals surface area contributed by atoms with Crippen LogP contribution in [0.2, 0.25) is 0 Å². The molecule has 1 aliphatic heterocycles. The Morgan fingerprint density at radius 3 is 2.77 bits per heavy atom. The van der Waals surface area contributed by atoms with Gasteiger partial charge in [0.25, 0.3) is 0 Å². The molecule has 0 saturated carbocycles. The Bertz CT molecular complexity index is 1110. The lowest BCUT2D eigenvalue weighted by molar-refractivity contribution is -0.139. The van der Waals surface area contributed by atoms with Crippen molar-refractivity contribution in [3.63, 3.8) is 0 Å². The third-order valence-electron chi connectivity index (χ3n) is 7.25. The Morgan fingerprint density at radius 2 is 2.00 bits per heavy atom. The smallest absolute Gasteiger partial charge is 0.303 e. The minimum atomic E-state index is -0.744. The first-order valence-electron chi connectivity index (χ1n) is 12.5. The van der Waals surface area contributed by atoms with Gasteiger partial charge in [-0.25, -0.2) is 0 Å². The van der Waals surface area contributed by atoms with Gasteiger partial charge in [-0.3, -0.25) is 14.8 Å². The standard InChI is InChI=1S/C28H35N3O4/c1-35-23-5-6-26-25(18-23)24(10-14-30-26)27(32)7-4-21-11-16-31(19-22(21)17-28(33)34)15-2-3-20-8-12-29-13-9-20/h5-6,8-10,12-14,18,21-22,27,32H,2-4,7,11,15-17,19H2,1H3,(H,33,34)/t21-,22+,27?/m1/s1. The van der Waals surface area contributed by atoms with Crippen molar-refractivity contribution < 1.29 is 19.7 Å². The number of ether oxygens (including phenoxy) is 1. The first kappa shape index (κ1) is 25.1. The average Bonchev–Trinajstić information content (AvgIpc) is 2.87. The number of benzene rings is 1. The minimum absolute atomic E-state index is 0.101. The highest BCUT2D eigenvalue weighted by Gasteiger charge is 2.31. The number of nitrogens with zero attached hydrogens (tertiary/aromatic N) is 3. The first-order valence-corrected chi connectivity index (χ1v) is 12.5. The van der Waals surface area contributed by atoms with E-state index in [1.165, 1.54) is 5.56 Å². The van der Waals surface area contributed by atoms with Gasteiger partial charge in [0, 0.05) is 36.9 Å². The van der Waals surface area contributed by atoms with Gasteiger partial charge in [0.2, 0.25) is 0 Å². The van der Waals surface area contributed by atoms with Crippen LogP contribution in [0.5, 0.6) is 5.75 Å². The summed E-state index contributed by atoms with van der Waals surface area (Å²) in [5.41, 5.74) is 2.95. The molecular weight excluding hydrogens is 442 g/mol. The number of carboxylic acid groups (broad SMARTS) is 1. The maximum absolute atomic E-state index is 11.6. The van der Waals surface area contributed by atoms with E-state index in [0.717, 1.165) is 67.5 Å². The number of aliphatic hydroxyl groups excluding tert-OH is 1. The normalized spacial score (nSPS) is 19.5. The first-order chi connectivity index (χ1) is 17.0. The van der Waals surface area contributed by atoms with Crippen molar-refractivity contribution in [1.29, 1.82) is 0 Å². The zero-order chi connectivity index (χ0) is 24.6. The van der Waals surface area contributed by atoms with Crippen molar-refractivity contribution in [3.05, 3.63) is 66.1 Å². The molecule has 3 heterocycles. The molecule has 35 heavy (non-hydrogen) atoms. The minimum Gasteiger partial charge on any atom is -0.497 e. The van der Waals surface area contributed by atoms with Crippen molar-refractivity contribution >= 4 is 16.9 Å². The van der Waals surface area contributed by atoms with E-state index >= 15 is 0 Å². The molecule has 2 N–H and O–H groups in total. The van der Waals surface area contributed by atoms with Crippen LogP contribution >= 0.6 is 0 Å². The van der Waals surface area contributed by atoms with Crippen molar-refractivity contribution in [2.45, 2.75) is 44.6 Å². The van der Waals surface area contributed by atoms with Gasteiger partial charge >= 0.3 is 5.97 Å². The summed E-state index contributed by atoms with van der Waals surface area (Å²) >= 11 is 0. The molecule has 0 aliphatic carbocycles. The van der Waals surface area contributed by atoms with Crippen LogP contribution in [-0.2, 0) is 11.2 Å². The number of fused-ring (bicyclic) bond motifs is 1. The number of carboxylic acids is 1. The van der Waals surface area contributed by atoms with E-state index in [0.29, 0.717) is 12.3 Å². The van der Waals surface area contributed by atoms with Crippen molar-refractivity contribution in [1.82, 2.24) is 14.9 Å². The summed E-state index contributed by atoms with van der Waals surface area (Å²) in [6, 6.07) is 11.6. The number of aliphatic hydroxyl groups is 1. The predicted molar refractivity (Wildman–Crippen MR) is 135 cm³/mol. The lowest BCUT2D eigenvalue weighted by Crippen LogP contribution is -2.42. The fourth-order valence-electron chi connectivity index (χ4n) is 5.34. The highest BCUT2D eigenvalue weighted by atomic mass is 16.5. The number of methoxy groups -OCH3 is 1. The second kappa shape index (κ2) is 12.1. The molecule has 0 amide bonds. The molecule has 1 unspecified atom stereocenters. The van der Waals surface area contributed by atoms with Crippen LogP contribution in [0.1, 0.15) is 49.3 Å². The van der Waals surface area contributed by atoms with E-state index in [1.54, 1.807) is 13.3 Å². The number of aromatic nitrogens is 2. The van der Waals surface area contributed by atoms with Crippen LogP contribution in [0.15, 0.2) is 55.0 Å². The van der Waals surface area contributed by atoms with Crippen LogP contribution in [0.25, 0.3) is 10.9 Å². The third-order valence-corrected chi connectivity index (χ3v) is 7.25. The predicted octanol–water partition coefficient (Wildman–Crippen LogP) is 4.50. The number of carbonyl (C=O) groups is 1. The van der Waals surface area contributed by atoms with E-state index in [2.05, 4.69) is 14.9 Å². The fraction of sp³-hybridized carbons (Fsp3) is 0.464. The zero-order valence-corrected chi connectivity index (χ0v) is 20.3. The Morgan fingerprint density at radius 1 is 1.17 bits per heavy atom. The molecular formula is C28H35N3O4. The highest BCUT2D eigenvalue weighted by Crippen LogP contribution is 2.34.